The lowest BCUT2D eigenvalue weighted by Gasteiger charge is -2.48. The van der Waals surface area contributed by atoms with Crippen LogP contribution >= 0.6 is 22.7 Å². The Morgan fingerprint density at radius 3 is 1.12 bits per heavy atom. The first-order chi connectivity index (χ1) is 27.2. The molecule has 1 saturated carbocycles. The molecule has 2 heterocycles. The lowest BCUT2D eigenvalue weighted by molar-refractivity contribution is -0.188. The molecule has 0 saturated heterocycles. The molecular formula is C44H38N2O8S2. The van der Waals surface area contributed by atoms with Crippen LogP contribution in [0.15, 0.2) is 144 Å². The van der Waals surface area contributed by atoms with Gasteiger partial charge in [-0.05, 0) is 82.6 Å². The third kappa shape index (κ3) is 8.99. The lowest BCUT2D eigenvalue weighted by atomic mass is 9.55. The highest BCUT2D eigenvalue weighted by atomic mass is 32.1. The molecule has 4 aromatic carbocycles. The second-order valence-electron chi connectivity index (χ2n) is 13.4. The van der Waals surface area contributed by atoms with E-state index in [1.165, 1.54) is 32.5 Å². The smallest absolute Gasteiger partial charge is 0.308 e. The number of aliphatic carboxylic acids is 2. The maximum absolute atomic E-state index is 14.7. The number of thiophene rings is 2. The highest BCUT2D eigenvalue weighted by Gasteiger charge is 2.65. The molecule has 7 rings (SSSR count). The van der Waals surface area contributed by atoms with Crippen LogP contribution in [0.2, 0.25) is 0 Å². The van der Waals surface area contributed by atoms with Crippen LogP contribution in [-0.2, 0) is 45.4 Å². The number of amides is 2. The van der Waals surface area contributed by atoms with Crippen molar-refractivity contribution in [2.24, 2.45) is 23.7 Å². The number of ether oxygens (including phenoxy) is 2. The first kappa shape index (κ1) is 38.1. The Balaban J connectivity index is 1.16. The first-order valence-electron chi connectivity index (χ1n) is 17.9. The molecule has 0 spiro atoms. The molecule has 1 fully saturated rings. The standard InChI is InChI=1S/C44H38N2O8S2/c47-41(45(27-35-13-7-23-55-35)25-29-15-19-33(20-16-29)53-31-9-3-1-4-10-31)37-38(40(44(51)52)39(37)43(49)50)42(48)46(28-36-14-8-24-56-36)26-30-17-21-34(22-18-30)54-32-11-5-2-6-12-32/h1-24,37-40H,25-28H2,(H,49,50)(H,51,52). The molecule has 0 aliphatic heterocycles. The van der Waals surface area contributed by atoms with Gasteiger partial charge in [0.05, 0.1) is 36.8 Å². The van der Waals surface area contributed by atoms with Gasteiger partial charge in [0.15, 0.2) is 0 Å². The maximum Gasteiger partial charge on any atom is 0.308 e. The van der Waals surface area contributed by atoms with Gasteiger partial charge in [-0.3, -0.25) is 19.2 Å². The van der Waals surface area contributed by atoms with Gasteiger partial charge in [-0.1, -0.05) is 72.8 Å². The van der Waals surface area contributed by atoms with Crippen molar-refractivity contribution in [1.82, 2.24) is 9.80 Å². The van der Waals surface area contributed by atoms with Crippen LogP contribution in [0.4, 0.5) is 0 Å². The van der Waals surface area contributed by atoms with Crippen molar-refractivity contribution in [3.63, 3.8) is 0 Å². The molecule has 4 atom stereocenters. The summed E-state index contributed by atoms with van der Waals surface area (Å²) in [5, 5.41) is 24.5. The number of hydrogen-bond donors (Lipinski definition) is 2. The van der Waals surface area contributed by atoms with Crippen LogP contribution < -0.4 is 9.47 Å². The van der Waals surface area contributed by atoms with Gasteiger partial charge in [0, 0.05) is 22.8 Å². The van der Waals surface area contributed by atoms with Crippen LogP contribution in [-0.4, -0.2) is 43.8 Å². The predicted molar refractivity (Wildman–Crippen MR) is 212 cm³/mol. The quantitative estimate of drug-likeness (QED) is 0.0995. The van der Waals surface area contributed by atoms with Crippen LogP contribution in [0.1, 0.15) is 20.9 Å². The van der Waals surface area contributed by atoms with E-state index in [-0.39, 0.29) is 26.2 Å². The Bertz CT molecular complexity index is 2070. The van der Waals surface area contributed by atoms with Crippen molar-refractivity contribution in [3.05, 3.63) is 165 Å². The van der Waals surface area contributed by atoms with Crippen LogP contribution in [0, 0.1) is 23.7 Å². The van der Waals surface area contributed by atoms with E-state index in [4.69, 9.17) is 9.47 Å². The minimum atomic E-state index is -1.60. The number of hydrogen-bond acceptors (Lipinski definition) is 8. The van der Waals surface area contributed by atoms with Crippen molar-refractivity contribution in [3.8, 4) is 23.0 Å². The van der Waals surface area contributed by atoms with Gasteiger partial charge in [0.2, 0.25) is 11.8 Å². The van der Waals surface area contributed by atoms with E-state index < -0.39 is 47.4 Å². The highest BCUT2D eigenvalue weighted by Crippen LogP contribution is 2.49. The summed E-state index contributed by atoms with van der Waals surface area (Å²) < 4.78 is 11.9. The zero-order valence-electron chi connectivity index (χ0n) is 30.0. The Morgan fingerprint density at radius 2 is 0.804 bits per heavy atom. The lowest BCUT2D eigenvalue weighted by Crippen LogP contribution is -2.64. The van der Waals surface area contributed by atoms with Gasteiger partial charge in [-0.15, -0.1) is 22.7 Å². The number of rotatable bonds is 16. The normalized spacial score (nSPS) is 17.3. The van der Waals surface area contributed by atoms with E-state index in [2.05, 4.69) is 0 Å². The average molecular weight is 787 g/mol. The molecule has 10 nitrogen and oxygen atoms in total. The van der Waals surface area contributed by atoms with Gasteiger partial charge >= 0.3 is 11.9 Å². The van der Waals surface area contributed by atoms with Gasteiger partial charge in [-0.2, -0.15) is 0 Å². The minimum absolute atomic E-state index is 0.0974. The van der Waals surface area contributed by atoms with Gasteiger partial charge in [0.1, 0.15) is 23.0 Å². The summed E-state index contributed by atoms with van der Waals surface area (Å²) in [5.74, 6) is -7.53. The summed E-state index contributed by atoms with van der Waals surface area (Å²) in [5.41, 5.74) is 1.50. The molecule has 284 valence electrons. The largest absolute Gasteiger partial charge is 0.481 e. The highest BCUT2D eigenvalue weighted by molar-refractivity contribution is 7.10. The maximum atomic E-state index is 14.7. The third-order valence-electron chi connectivity index (χ3n) is 9.72. The molecule has 2 amide bonds. The third-order valence-corrected chi connectivity index (χ3v) is 11.4. The SMILES string of the molecule is O=C(O)C1C(C(=O)O)C(C(=O)N(Cc2ccc(Oc3ccccc3)cc2)Cc2cccs2)C1C(=O)N(Cc1ccc(Oc2ccccc2)cc1)Cc1cccs1. The zero-order valence-corrected chi connectivity index (χ0v) is 31.7. The number of carboxylic acids is 2. The number of benzene rings is 4. The van der Waals surface area contributed by atoms with Gasteiger partial charge in [0.25, 0.3) is 0 Å². The Morgan fingerprint density at radius 1 is 0.446 bits per heavy atom. The molecule has 2 aromatic heterocycles. The Hall–Kier alpha value is -6.24. The average Bonchev–Trinajstić information content (AvgIpc) is 3.91. The van der Waals surface area contributed by atoms with Crippen molar-refractivity contribution in [2.45, 2.75) is 26.2 Å². The minimum Gasteiger partial charge on any atom is -0.481 e. The fourth-order valence-electron chi connectivity index (χ4n) is 7.02. The summed E-state index contributed by atoms with van der Waals surface area (Å²) in [6, 6.07) is 40.5. The zero-order chi connectivity index (χ0) is 39.0. The Labute approximate surface area is 331 Å². The predicted octanol–water partition coefficient (Wildman–Crippen LogP) is 8.80. The number of carbonyl (C=O) groups is 4. The topological polar surface area (TPSA) is 134 Å². The van der Waals surface area contributed by atoms with Gasteiger partial charge in [-0.25, -0.2) is 0 Å². The first-order valence-corrected chi connectivity index (χ1v) is 19.7. The molecule has 0 radical (unpaired) electrons. The van der Waals surface area contributed by atoms with Crippen molar-refractivity contribution in [2.75, 3.05) is 0 Å². The number of carbonyl (C=O) groups excluding carboxylic acids is 2. The van der Waals surface area contributed by atoms with Crippen LogP contribution in [0.5, 0.6) is 23.0 Å². The Kier molecular flexibility index (Phi) is 11.9. The van der Waals surface area contributed by atoms with E-state index in [0.29, 0.717) is 23.0 Å². The summed E-state index contributed by atoms with van der Waals surface area (Å²) >= 11 is 2.88. The van der Waals surface area contributed by atoms with Crippen molar-refractivity contribution in [1.29, 1.82) is 0 Å². The molecule has 12 heteroatoms. The molecule has 2 N–H and O–H groups in total. The second-order valence-corrected chi connectivity index (χ2v) is 15.5. The van der Waals surface area contributed by atoms with Crippen molar-refractivity contribution >= 4 is 46.4 Å². The van der Waals surface area contributed by atoms with Crippen molar-refractivity contribution < 1.29 is 38.9 Å². The van der Waals surface area contributed by atoms with E-state index in [1.54, 1.807) is 24.3 Å². The van der Waals surface area contributed by atoms with E-state index in [1.807, 2.05) is 120 Å². The monoisotopic (exact) mass is 786 g/mol. The molecule has 6 aromatic rings. The van der Waals surface area contributed by atoms with Gasteiger partial charge < -0.3 is 29.5 Å². The molecule has 0 bridgehead atoms. The molecule has 4 unspecified atom stereocenters. The summed E-state index contributed by atoms with van der Waals surface area (Å²) in [7, 11) is 0. The fraction of sp³-hybridized carbons (Fsp3) is 0.182. The molecule has 56 heavy (non-hydrogen) atoms. The fourth-order valence-corrected chi connectivity index (χ4v) is 8.46. The molecular weight excluding hydrogens is 749 g/mol. The van der Waals surface area contributed by atoms with Crippen LogP contribution in [0.25, 0.3) is 0 Å². The van der Waals surface area contributed by atoms with Crippen LogP contribution in [0.3, 0.4) is 0 Å². The number of carboxylic acid groups (broad SMARTS) is 2. The summed E-state index contributed by atoms with van der Waals surface area (Å²) in [4.78, 5) is 59.7. The van der Waals surface area contributed by atoms with E-state index in [9.17, 15) is 29.4 Å². The molecule has 1 aliphatic rings. The number of para-hydroxylation sites is 2. The summed E-state index contributed by atoms with van der Waals surface area (Å²) in [6.07, 6.45) is 0. The summed E-state index contributed by atoms with van der Waals surface area (Å²) in [6.45, 7) is 0.493. The number of nitrogens with zero attached hydrogens (tertiary/aromatic N) is 2. The van der Waals surface area contributed by atoms with E-state index in [0.717, 1.165) is 20.9 Å². The second kappa shape index (κ2) is 17.5. The van der Waals surface area contributed by atoms with E-state index >= 15 is 0 Å². The molecule has 1 aliphatic carbocycles.